The zero-order valence-electron chi connectivity index (χ0n) is 10.1. The third-order valence-electron chi connectivity index (χ3n) is 2.27. The van der Waals surface area contributed by atoms with Crippen molar-refractivity contribution < 1.29 is 14.3 Å². The van der Waals surface area contributed by atoms with Gasteiger partial charge in [0.25, 0.3) is 5.19 Å². The molecule has 0 amide bonds. The molecule has 0 fully saturated rings. The second kappa shape index (κ2) is 5.77. The summed E-state index contributed by atoms with van der Waals surface area (Å²) in [6, 6.07) is 5.21. The third kappa shape index (κ3) is 3.18. The standard InChI is InChI=1S/C12H9Cl2NO3S/c1-6-5-7(3-4-8(6)13)18-12-15-10(14)9(19-12)11(16)17-2/h3-5H,1-2H3. The normalized spacial score (nSPS) is 10.3. The van der Waals surface area contributed by atoms with Gasteiger partial charge in [-0.15, -0.1) is 0 Å². The number of aryl methyl sites for hydroxylation is 1. The van der Waals surface area contributed by atoms with Crippen LogP contribution in [-0.4, -0.2) is 18.1 Å². The van der Waals surface area contributed by atoms with Crippen LogP contribution in [0.5, 0.6) is 10.9 Å². The van der Waals surface area contributed by atoms with Gasteiger partial charge in [0.1, 0.15) is 5.75 Å². The summed E-state index contributed by atoms with van der Waals surface area (Å²) >= 11 is 12.8. The molecule has 0 N–H and O–H groups in total. The molecule has 0 saturated heterocycles. The summed E-state index contributed by atoms with van der Waals surface area (Å²) in [5.74, 6) is 0.0355. The molecule has 100 valence electrons. The minimum absolute atomic E-state index is 0.0672. The van der Waals surface area contributed by atoms with E-state index in [-0.39, 0.29) is 15.2 Å². The average Bonchev–Trinajstić information content (AvgIpc) is 2.74. The lowest BCUT2D eigenvalue weighted by atomic mass is 10.2. The van der Waals surface area contributed by atoms with Crippen molar-refractivity contribution in [2.24, 2.45) is 0 Å². The maximum absolute atomic E-state index is 11.4. The molecule has 19 heavy (non-hydrogen) atoms. The lowest BCUT2D eigenvalue weighted by molar-refractivity contribution is 0.0606. The number of thiazole rings is 1. The number of halogens is 2. The highest BCUT2D eigenvalue weighted by Crippen LogP contribution is 2.33. The summed E-state index contributed by atoms with van der Waals surface area (Å²) < 4.78 is 10.1. The maximum Gasteiger partial charge on any atom is 0.351 e. The Morgan fingerprint density at radius 2 is 2.11 bits per heavy atom. The van der Waals surface area contributed by atoms with Crippen molar-refractivity contribution in [3.63, 3.8) is 0 Å². The number of rotatable bonds is 3. The van der Waals surface area contributed by atoms with Crippen LogP contribution in [0.1, 0.15) is 15.2 Å². The third-order valence-corrected chi connectivity index (χ3v) is 3.99. The number of nitrogens with zero attached hydrogens (tertiary/aromatic N) is 1. The van der Waals surface area contributed by atoms with Gasteiger partial charge in [-0.2, -0.15) is 4.98 Å². The molecule has 2 rings (SSSR count). The molecule has 4 nitrogen and oxygen atoms in total. The van der Waals surface area contributed by atoms with Gasteiger partial charge in [-0.3, -0.25) is 0 Å². The van der Waals surface area contributed by atoms with Crippen molar-refractivity contribution in [3.8, 4) is 10.9 Å². The topological polar surface area (TPSA) is 48.4 Å². The van der Waals surface area contributed by atoms with Gasteiger partial charge in [-0.05, 0) is 30.7 Å². The van der Waals surface area contributed by atoms with Crippen molar-refractivity contribution in [2.75, 3.05) is 7.11 Å². The minimum Gasteiger partial charge on any atom is -0.465 e. The molecule has 1 heterocycles. The highest BCUT2D eigenvalue weighted by Gasteiger charge is 2.18. The average molecular weight is 318 g/mol. The van der Waals surface area contributed by atoms with Crippen LogP contribution in [0.3, 0.4) is 0 Å². The first kappa shape index (κ1) is 14.1. The molecule has 0 aliphatic carbocycles. The van der Waals surface area contributed by atoms with Gasteiger partial charge in [0.05, 0.1) is 7.11 Å². The molecule has 1 aromatic carbocycles. The summed E-state index contributed by atoms with van der Waals surface area (Å²) in [5, 5.41) is 0.990. The van der Waals surface area contributed by atoms with E-state index in [1.807, 2.05) is 6.92 Å². The molecule has 0 radical (unpaired) electrons. The Balaban J connectivity index is 2.24. The molecule has 0 unspecified atom stereocenters. The van der Waals surface area contributed by atoms with E-state index in [1.165, 1.54) is 7.11 Å². The van der Waals surface area contributed by atoms with Crippen LogP contribution in [-0.2, 0) is 4.74 Å². The lowest BCUT2D eigenvalue weighted by Crippen LogP contribution is -1.98. The fraction of sp³-hybridized carbons (Fsp3) is 0.167. The second-order valence-electron chi connectivity index (χ2n) is 3.60. The summed E-state index contributed by atoms with van der Waals surface area (Å²) in [7, 11) is 1.28. The largest absolute Gasteiger partial charge is 0.465 e. The van der Waals surface area contributed by atoms with Crippen LogP contribution in [0.2, 0.25) is 10.2 Å². The lowest BCUT2D eigenvalue weighted by Gasteiger charge is -2.03. The number of methoxy groups -OCH3 is 1. The Morgan fingerprint density at radius 1 is 1.37 bits per heavy atom. The van der Waals surface area contributed by atoms with Crippen molar-refractivity contribution >= 4 is 40.5 Å². The molecular formula is C12H9Cl2NO3S. The van der Waals surface area contributed by atoms with E-state index in [9.17, 15) is 4.79 Å². The Labute approximate surface area is 123 Å². The first-order chi connectivity index (χ1) is 9.01. The van der Waals surface area contributed by atoms with Crippen molar-refractivity contribution in [1.82, 2.24) is 4.98 Å². The van der Waals surface area contributed by atoms with Crippen LogP contribution >= 0.6 is 34.5 Å². The first-order valence-corrected chi connectivity index (χ1v) is 6.77. The number of hydrogen-bond donors (Lipinski definition) is 0. The quantitative estimate of drug-likeness (QED) is 0.790. The SMILES string of the molecule is COC(=O)c1sc(Oc2ccc(Cl)c(C)c2)nc1Cl. The van der Waals surface area contributed by atoms with Crippen LogP contribution < -0.4 is 4.74 Å². The Kier molecular flexibility index (Phi) is 4.29. The van der Waals surface area contributed by atoms with Gasteiger partial charge in [-0.1, -0.05) is 34.5 Å². The molecule has 0 atom stereocenters. The predicted octanol–water partition coefficient (Wildman–Crippen LogP) is 4.34. The molecular weight excluding hydrogens is 309 g/mol. The monoisotopic (exact) mass is 317 g/mol. The number of carbonyl (C=O) groups excluding carboxylic acids is 1. The van der Waals surface area contributed by atoms with Gasteiger partial charge in [0, 0.05) is 5.02 Å². The summed E-state index contributed by atoms with van der Waals surface area (Å²) in [4.78, 5) is 15.6. The van der Waals surface area contributed by atoms with Crippen LogP contribution in [0.15, 0.2) is 18.2 Å². The molecule has 0 spiro atoms. The Hall–Kier alpha value is -1.30. The number of esters is 1. The fourth-order valence-electron chi connectivity index (χ4n) is 1.33. The fourth-order valence-corrected chi connectivity index (χ4v) is 2.51. The number of hydrogen-bond acceptors (Lipinski definition) is 5. The number of carbonyl (C=O) groups is 1. The molecule has 1 aromatic heterocycles. The first-order valence-electron chi connectivity index (χ1n) is 5.20. The maximum atomic E-state index is 11.4. The Bertz CT molecular complexity index is 627. The molecule has 0 aliphatic heterocycles. The van der Waals surface area contributed by atoms with Crippen LogP contribution in [0, 0.1) is 6.92 Å². The molecule has 2 aromatic rings. The zero-order chi connectivity index (χ0) is 14.0. The Morgan fingerprint density at radius 3 is 2.74 bits per heavy atom. The van der Waals surface area contributed by atoms with Gasteiger partial charge < -0.3 is 9.47 Å². The summed E-state index contributed by atoms with van der Waals surface area (Å²) in [6.45, 7) is 1.86. The van der Waals surface area contributed by atoms with Gasteiger partial charge in [0.15, 0.2) is 10.0 Å². The molecule has 7 heteroatoms. The van der Waals surface area contributed by atoms with Gasteiger partial charge in [0.2, 0.25) is 0 Å². The number of ether oxygens (including phenoxy) is 2. The smallest absolute Gasteiger partial charge is 0.351 e. The van der Waals surface area contributed by atoms with E-state index in [4.69, 9.17) is 27.9 Å². The van der Waals surface area contributed by atoms with Crippen molar-refractivity contribution in [2.45, 2.75) is 6.92 Å². The van der Waals surface area contributed by atoms with E-state index in [0.717, 1.165) is 16.9 Å². The second-order valence-corrected chi connectivity index (χ2v) is 5.33. The molecule has 0 bridgehead atoms. The van der Waals surface area contributed by atoms with Crippen LogP contribution in [0.4, 0.5) is 0 Å². The summed E-state index contributed by atoms with van der Waals surface area (Å²) in [6.07, 6.45) is 0. The van der Waals surface area contributed by atoms with Crippen LogP contribution in [0.25, 0.3) is 0 Å². The van der Waals surface area contributed by atoms with Crippen molar-refractivity contribution in [3.05, 3.63) is 38.8 Å². The number of benzene rings is 1. The van der Waals surface area contributed by atoms with Gasteiger partial charge >= 0.3 is 5.97 Å². The van der Waals surface area contributed by atoms with E-state index < -0.39 is 5.97 Å². The van der Waals surface area contributed by atoms with E-state index >= 15 is 0 Å². The highest BCUT2D eigenvalue weighted by atomic mass is 35.5. The minimum atomic E-state index is -0.537. The van der Waals surface area contributed by atoms with E-state index in [0.29, 0.717) is 10.8 Å². The van der Waals surface area contributed by atoms with Gasteiger partial charge in [-0.25, -0.2) is 4.79 Å². The number of aromatic nitrogens is 1. The van der Waals surface area contributed by atoms with E-state index in [2.05, 4.69) is 9.72 Å². The highest BCUT2D eigenvalue weighted by molar-refractivity contribution is 7.15. The van der Waals surface area contributed by atoms with E-state index in [1.54, 1.807) is 18.2 Å². The zero-order valence-corrected chi connectivity index (χ0v) is 12.4. The molecule has 0 aliphatic rings. The predicted molar refractivity (Wildman–Crippen MR) is 74.7 cm³/mol. The summed E-state index contributed by atoms with van der Waals surface area (Å²) in [5.41, 5.74) is 0.884. The molecule has 0 saturated carbocycles. The van der Waals surface area contributed by atoms with Crippen molar-refractivity contribution in [1.29, 1.82) is 0 Å².